The van der Waals surface area contributed by atoms with Crippen molar-refractivity contribution in [1.29, 1.82) is 0 Å². The Bertz CT molecular complexity index is 892. The number of allylic oxidation sites excluding steroid dienone is 1. The molecular weight excluding hydrogens is 373 g/mol. The zero-order valence-electron chi connectivity index (χ0n) is 16.0. The second-order valence-electron chi connectivity index (χ2n) is 6.64. The molecule has 0 fully saturated rings. The van der Waals surface area contributed by atoms with Gasteiger partial charge >= 0.3 is 5.97 Å². The molecule has 2 rings (SSSR count). The Morgan fingerprint density at radius 1 is 1.33 bits per heavy atom. The molecule has 1 atom stereocenters. The van der Waals surface area contributed by atoms with Crippen LogP contribution in [0, 0.1) is 11.7 Å². The molecule has 1 heterocycles. The van der Waals surface area contributed by atoms with Gasteiger partial charge in [0.05, 0.1) is 23.6 Å². The lowest BCUT2D eigenvalue weighted by molar-refractivity contribution is -0.133. The molecule has 0 saturated carbocycles. The molecule has 0 aliphatic carbocycles. The summed E-state index contributed by atoms with van der Waals surface area (Å²) in [4.78, 5) is 18.1. The number of hydrogen-bond acceptors (Lipinski definition) is 5. The lowest BCUT2D eigenvalue weighted by atomic mass is 9.90. The molecule has 0 amide bonds. The van der Waals surface area contributed by atoms with Crippen molar-refractivity contribution in [3.05, 3.63) is 46.9 Å². The molecule has 1 aromatic rings. The van der Waals surface area contributed by atoms with Crippen LogP contribution in [0.25, 0.3) is 0 Å². The van der Waals surface area contributed by atoms with Crippen molar-refractivity contribution >= 4 is 22.0 Å². The molecule has 1 aromatic carbocycles. The van der Waals surface area contributed by atoms with E-state index in [0.29, 0.717) is 17.8 Å². The van der Waals surface area contributed by atoms with Gasteiger partial charge in [0.15, 0.2) is 0 Å². The van der Waals surface area contributed by atoms with Crippen molar-refractivity contribution in [3.63, 3.8) is 0 Å². The topological polar surface area (TPSA) is 90.3 Å². The van der Waals surface area contributed by atoms with Gasteiger partial charge in [-0.1, -0.05) is 26.0 Å². The first-order valence-electron chi connectivity index (χ1n) is 8.51. The first-order valence-corrected chi connectivity index (χ1v) is 10.4. The molecule has 1 aliphatic heterocycles. The fourth-order valence-corrected chi connectivity index (χ4v) is 3.47. The van der Waals surface area contributed by atoms with Crippen molar-refractivity contribution < 1.29 is 22.7 Å². The monoisotopic (exact) mass is 397 g/mol. The maximum atomic E-state index is 13.4. The molecule has 27 heavy (non-hydrogen) atoms. The Morgan fingerprint density at radius 3 is 2.30 bits per heavy atom. The van der Waals surface area contributed by atoms with Gasteiger partial charge in [-0.2, -0.15) is 0 Å². The standard InChI is InChI=1S/C18H24FN3O4S/c1-6-22-16(12-7-9-13(19)10-8-12)14(17(23)24)15(11(2)3)20-18(22)21(4)27(5,25)26/h7-11,16H,6H2,1-5H3,(H,23,24). The molecule has 0 radical (unpaired) electrons. The van der Waals surface area contributed by atoms with E-state index in [0.717, 1.165) is 10.6 Å². The predicted molar refractivity (Wildman–Crippen MR) is 101 cm³/mol. The second kappa shape index (κ2) is 7.67. The number of nitrogens with zero attached hydrogens (tertiary/aromatic N) is 3. The number of aliphatic carboxylic acids is 1. The van der Waals surface area contributed by atoms with Gasteiger partial charge in [-0.15, -0.1) is 0 Å². The molecule has 0 saturated heterocycles. The summed E-state index contributed by atoms with van der Waals surface area (Å²) in [6.45, 7) is 5.68. The highest BCUT2D eigenvalue weighted by Crippen LogP contribution is 2.38. The fraction of sp³-hybridized carbons (Fsp3) is 0.444. The van der Waals surface area contributed by atoms with Gasteiger partial charge in [-0.05, 0) is 30.5 Å². The predicted octanol–water partition coefficient (Wildman–Crippen LogP) is 2.44. The van der Waals surface area contributed by atoms with Crippen LogP contribution in [0.4, 0.5) is 4.39 Å². The van der Waals surface area contributed by atoms with Crippen LogP contribution < -0.4 is 0 Å². The van der Waals surface area contributed by atoms with Gasteiger partial charge < -0.3 is 10.0 Å². The number of likely N-dealkylation sites (N-methyl/N-ethyl adjacent to an activating group) is 1. The maximum Gasteiger partial charge on any atom is 0.335 e. The van der Waals surface area contributed by atoms with Gasteiger partial charge in [0, 0.05) is 13.6 Å². The summed E-state index contributed by atoms with van der Waals surface area (Å²) in [7, 11) is -2.24. The highest BCUT2D eigenvalue weighted by Gasteiger charge is 2.39. The first kappa shape index (κ1) is 20.9. The van der Waals surface area contributed by atoms with Crippen LogP contribution in [0.1, 0.15) is 32.4 Å². The average molecular weight is 397 g/mol. The molecular formula is C18H24FN3O4S. The Balaban J connectivity index is 2.80. The number of carboxylic acid groups (broad SMARTS) is 1. The Labute approximate surface area is 158 Å². The van der Waals surface area contributed by atoms with E-state index in [4.69, 9.17) is 0 Å². The minimum Gasteiger partial charge on any atom is -0.478 e. The average Bonchev–Trinajstić information content (AvgIpc) is 2.58. The van der Waals surface area contributed by atoms with Crippen molar-refractivity contribution in [2.24, 2.45) is 10.9 Å². The van der Waals surface area contributed by atoms with E-state index in [-0.39, 0.29) is 17.5 Å². The van der Waals surface area contributed by atoms with Gasteiger partial charge in [0.25, 0.3) is 0 Å². The van der Waals surface area contributed by atoms with Crippen LogP contribution in [0.15, 0.2) is 40.5 Å². The van der Waals surface area contributed by atoms with Crippen molar-refractivity contribution in [1.82, 2.24) is 9.21 Å². The summed E-state index contributed by atoms with van der Waals surface area (Å²) >= 11 is 0. The lowest BCUT2D eigenvalue weighted by Crippen LogP contribution is -2.49. The third kappa shape index (κ3) is 4.13. The third-order valence-electron chi connectivity index (χ3n) is 4.42. The molecule has 9 heteroatoms. The highest BCUT2D eigenvalue weighted by molar-refractivity contribution is 7.88. The number of carbonyl (C=O) groups is 1. The zero-order chi connectivity index (χ0) is 20.5. The number of aliphatic imine (C=N–C) groups is 1. The summed E-state index contributed by atoms with van der Waals surface area (Å²) in [5.41, 5.74) is 0.902. The Morgan fingerprint density at radius 2 is 1.89 bits per heavy atom. The summed E-state index contributed by atoms with van der Waals surface area (Å²) in [5.74, 6) is -1.69. The van der Waals surface area contributed by atoms with Gasteiger partial charge in [0.2, 0.25) is 16.0 Å². The molecule has 1 unspecified atom stereocenters. The van der Waals surface area contributed by atoms with Gasteiger partial charge in [-0.3, -0.25) is 0 Å². The highest BCUT2D eigenvalue weighted by atomic mass is 32.2. The van der Waals surface area contributed by atoms with Crippen molar-refractivity contribution in [3.8, 4) is 0 Å². The van der Waals surface area contributed by atoms with Crippen molar-refractivity contribution in [2.75, 3.05) is 19.8 Å². The number of guanidine groups is 1. The van der Waals surface area contributed by atoms with Crippen molar-refractivity contribution in [2.45, 2.75) is 26.8 Å². The second-order valence-corrected chi connectivity index (χ2v) is 8.65. The number of hydrogen-bond donors (Lipinski definition) is 1. The Hall–Kier alpha value is -2.42. The molecule has 148 valence electrons. The Kier molecular flexibility index (Phi) is 5.94. The minimum absolute atomic E-state index is 0.0594. The molecule has 1 aliphatic rings. The normalized spacial score (nSPS) is 18.0. The van der Waals surface area contributed by atoms with E-state index in [1.807, 2.05) is 0 Å². The first-order chi connectivity index (χ1) is 12.5. The largest absolute Gasteiger partial charge is 0.478 e. The molecule has 0 aromatic heterocycles. The minimum atomic E-state index is -3.61. The molecule has 0 spiro atoms. The number of halogens is 1. The van der Waals surface area contributed by atoms with E-state index in [1.54, 1.807) is 25.7 Å². The smallest absolute Gasteiger partial charge is 0.335 e. The van der Waals surface area contributed by atoms with Gasteiger partial charge in [-0.25, -0.2) is 26.9 Å². The third-order valence-corrected chi connectivity index (χ3v) is 5.58. The number of rotatable bonds is 5. The SMILES string of the molecule is CCN1C(N(C)S(C)(=O)=O)=NC(C(C)C)=C(C(=O)O)C1c1ccc(F)cc1. The maximum absolute atomic E-state index is 13.4. The van der Waals surface area contributed by atoms with Crippen LogP contribution in [-0.4, -0.2) is 54.5 Å². The number of benzene rings is 1. The lowest BCUT2D eigenvalue weighted by Gasteiger charge is -2.40. The van der Waals surface area contributed by atoms with Crippen LogP contribution in [-0.2, 0) is 14.8 Å². The van der Waals surface area contributed by atoms with Crippen LogP contribution in [0.2, 0.25) is 0 Å². The molecule has 1 N–H and O–H groups in total. The number of sulfonamides is 1. The summed E-state index contributed by atoms with van der Waals surface area (Å²) in [6, 6.07) is 4.73. The van der Waals surface area contributed by atoms with Gasteiger partial charge in [0.1, 0.15) is 5.82 Å². The summed E-state index contributed by atoms with van der Waals surface area (Å²) in [6.07, 6.45) is 1.06. The quantitative estimate of drug-likeness (QED) is 0.824. The van der Waals surface area contributed by atoms with E-state index >= 15 is 0 Å². The van der Waals surface area contributed by atoms with E-state index in [2.05, 4.69) is 4.99 Å². The number of carboxylic acids is 1. The van der Waals surface area contributed by atoms with Crippen LogP contribution in [0.3, 0.4) is 0 Å². The van der Waals surface area contributed by atoms with Crippen LogP contribution in [0.5, 0.6) is 0 Å². The molecule has 7 nitrogen and oxygen atoms in total. The zero-order valence-corrected chi connectivity index (χ0v) is 16.8. The molecule has 0 bridgehead atoms. The van der Waals surface area contributed by atoms with E-state index in [9.17, 15) is 22.7 Å². The van der Waals surface area contributed by atoms with E-state index < -0.39 is 27.9 Å². The van der Waals surface area contributed by atoms with E-state index in [1.165, 1.54) is 31.3 Å². The fourth-order valence-electron chi connectivity index (χ4n) is 3.03. The summed E-state index contributed by atoms with van der Waals surface area (Å²) < 4.78 is 38.7. The summed E-state index contributed by atoms with van der Waals surface area (Å²) in [5, 5.41) is 9.88. The van der Waals surface area contributed by atoms with Crippen LogP contribution >= 0.6 is 0 Å².